The summed E-state index contributed by atoms with van der Waals surface area (Å²) in [6.07, 6.45) is 0.289. The van der Waals surface area contributed by atoms with Crippen molar-refractivity contribution in [2.45, 2.75) is 43.6 Å². The molecule has 0 aromatic rings. The molecule has 0 saturated carbocycles. The minimum atomic E-state index is -1.49. The number of carbonyl (C=O) groups excluding carboxylic acids is 1. The number of carbonyl (C=O) groups is 2. The Morgan fingerprint density at radius 1 is 1.50 bits per heavy atom. The summed E-state index contributed by atoms with van der Waals surface area (Å²) in [5.74, 6) is -1.12. The standard InChI is InChI=1S/C10H17NO4S/c1-9(2,3)15-7(12)6-10(11,8(13)14)4-5-16-6/h6H,4-5,11H2,1-3H3,(H,13,14). The van der Waals surface area contributed by atoms with Gasteiger partial charge < -0.3 is 15.6 Å². The van der Waals surface area contributed by atoms with Gasteiger partial charge in [0.1, 0.15) is 16.4 Å². The molecule has 0 spiro atoms. The van der Waals surface area contributed by atoms with Crippen molar-refractivity contribution < 1.29 is 19.4 Å². The largest absolute Gasteiger partial charge is 0.480 e. The number of carboxylic acid groups (broad SMARTS) is 1. The lowest BCUT2D eigenvalue weighted by Crippen LogP contribution is -2.57. The minimum Gasteiger partial charge on any atom is -0.480 e. The molecule has 0 radical (unpaired) electrons. The third kappa shape index (κ3) is 2.68. The van der Waals surface area contributed by atoms with Crippen LogP contribution in [-0.4, -0.2) is 39.2 Å². The highest BCUT2D eigenvalue weighted by Crippen LogP contribution is 2.36. The second-order valence-electron chi connectivity index (χ2n) is 4.88. The van der Waals surface area contributed by atoms with E-state index in [2.05, 4.69) is 0 Å². The second kappa shape index (κ2) is 4.25. The zero-order valence-corrected chi connectivity index (χ0v) is 10.5. The maximum absolute atomic E-state index is 11.8. The smallest absolute Gasteiger partial charge is 0.325 e. The Labute approximate surface area is 98.7 Å². The van der Waals surface area contributed by atoms with Crippen molar-refractivity contribution in [2.24, 2.45) is 5.73 Å². The molecule has 0 aromatic carbocycles. The molecule has 92 valence electrons. The van der Waals surface area contributed by atoms with Crippen LogP contribution in [0.25, 0.3) is 0 Å². The average Bonchev–Trinajstić information content (AvgIpc) is 2.45. The lowest BCUT2D eigenvalue weighted by Gasteiger charge is -2.28. The highest BCUT2D eigenvalue weighted by Gasteiger charge is 2.52. The topological polar surface area (TPSA) is 89.6 Å². The molecule has 1 aliphatic rings. The molecule has 1 aliphatic heterocycles. The van der Waals surface area contributed by atoms with E-state index >= 15 is 0 Å². The van der Waals surface area contributed by atoms with Gasteiger partial charge in [-0.15, -0.1) is 11.8 Å². The number of esters is 1. The Morgan fingerprint density at radius 2 is 2.06 bits per heavy atom. The molecule has 3 N–H and O–H groups in total. The minimum absolute atomic E-state index is 0.289. The molecule has 0 bridgehead atoms. The molecular weight excluding hydrogens is 230 g/mol. The van der Waals surface area contributed by atoms with Gasteiger partial charge in [-0.3, -0.25) is 9.59 Å². The first kappa shape index (κ1) is 13.3. The molecule has 2 atom stereocenters. The van der Waals surface area contributed by atoms with Gasteiger partial charge in [-0.1, -0.05) is 0 Å². The summed E-state index contributed by atoms with van der Waals surface area (Å²) < 4.78 is 5.16. The Morgan fingerprint density at radius 3 is 2.50 bits per heavy atom. The van der Waals surface area contributed by atoms with Crippen molar-refractivity contribution >= 4 is 23.7 Å². The fourth-order valence-corrected chi connectivity index (χ4v) is 2.87. The van der Waals surface area contributed by atoms with Crippen molar-refractivity contribution in [1.82, 2.24) is 0 Å². The second-order valence-corrected chi connectivity index (χ2v) is 6.09. The summed E-state index contributed by atoms with van der Waals surface area (Å²) in [6, 6.07) is 0. The van der Waals surface area contributed by atoms with Crippen molar-refractivity contribution in [3.8, 4) is 0 Å². The van der Waals surface area contributed by atoms with Crippen LogP contribution in [0.4, 0.5) is 0 Å². The fourth-order valence-electron chi connectivity index (χ4n) is 1.48. The lowest BCUT2D eigenvalue weighted by molar-refractivity contribution is -0.159. The van der Waals surface area contributed by atoms with E-state index in [9.17, 15) is 9.59 Å². The monoisotopic (exact) mass is 247 g/mol. The SMILES string of the molecule is CC(C)(C)OC(=O)C1SCCC1(N)C(=O)O. The van der Waals surface area contributed by atoms with Gasteiger partial charge in [0.2, 0.25) is 0 Å². The van der Waals surface area contributed by atoms with Crippen molar-refractivity contribution in [2.75, 3.05) is 5.75 Å². The van der Waals surface area contributed by atoms with Gasteiger partial charge in [-0.05, 0) is 32.9 Å². The first-order valence-electron chi connectivity index (χ1n) is 5.03. The molecule has 1 fully saturated rings. The predicted octanol–water partition coefficient (Wildman–Crippen LogP) is 0.616. The quantitative estimate of drug-likeness (QED) is 0.695. The van der Waals surface area contributed by atoms with Gasteiger partial charge in [0.05, 0.1) is 0 Å². The van der Waals surface area contributed by atoms with Crippen LogP contribution in [0.5, 0.6) is 0 Å². The van der Waals surface area contributed by atoms with E-state index in [0.717, 1.165) is 0 Å². The van der Waals surface area contributed by atoms with Gasteiger partial charge in [-0.25, -0.2) is 0 Å². The van der Waals surface area contributed by atoms with Crippen LogP contribution in [-0.2, 0) is 14.3 Å². The summed E-state index contributed by atoms with van der Waals surface area (Å²) in [5, 5.41) is 8.23. The third-order valence-electron chi connectivity index (χ3n) is 2.29. The summed E-state index contributed by atoms with van der Waals surface area (Å²) in [5.41, 5.74) is 3.63. The summed E-state index contributed by atoms with van der Waals surface area (Å²) in [7, 11) is 0. The van der Waals surface area contributed by atoms with Crippen LogP contribution in [0.15, 0.2) is 0 Å². The fraction of sp³-hybridized carbons (Fsp3) is 0.800. The van der Waals surface area contributed by atoms with E-state index in [1.807, 2.05) is 0 Å². The van der Waals surface area contributed by atoms with E-state index in [-0.39, 0.29) is 6.42 Å². The van der Waals surface area contributed by atoms with E-state index in [0.29, 0.717) is 5.75 Å². The molecule has 1 rings (SSSR count). The Kier molecular flexibility index (Phi) is 3.54. The Hall–Kier alpha value is -0.750. The van der Waals surface area contributed by atoms with E-state index in [1.165, 1.54) is 11.8 Å². The average molecular weight is 247 g/mol. The van der Waals surface area contributed by atoms with Gasteiger partial charge in [0, 0.05) is 0 Å². The number of aliphatic carboxylic acids is 1. The van der Waals surface area contributed by atoms with Crippen molar-refractivity contribution in [1.29, 1.82) is 0 Å². The highest BCUT2D eigenvalue weighted by atomic mass is 32.2. The summed E-state index contributed by atoms with van der Waals surface area (Å²) in [4.78, 5) is 22.9. The normalized spacial score (nSPS) is 30.1. The first-order valence-corrected chi connectivity index (χ1v) is 6.08. The van der Waals surface area contributed by atoms with Gasteiger partial charge >= 0.3 is 11.9 Å². The molecule has 2 unspecified atom stereocenters. The number of nitrogens with two attached hydrogens (primary N) is 1. The number of rotatable bonds is 2. The van der Waals surface area contributed by atoms with Crippen LogP contribution in [0.2, 0.25) is 0 Å². The zero-order valence-electron chi connectivity index (χ0n) is 9.65. The maximum atomic E-state index is 11.8. The van der Waals surface area contributed by atoms with Gasteiger partial charge in [0.25, 0.3) is 0 Å². The first-order chi connectivity index (χ1) is 7.17. The van der Waals surface area contributed by atoms with Crippen molar-refractivity contribution in [3.05, 3.63) is 0 Å². The predicted molar refractivity (Wildman–Crippen MR) is 61.3 cm³/mol. The molecule has 0 aliphatic carbocycles. The molecule has 5 nitrogen and oxygen atoms in total. The molecule has 6 heteroatoms. The van der Waals surface area contributed by atoms with Crippen molar-refractivity contribution in [3.63, 3.8) is 0 Å². The van der Waals surface area contributed by atoms with E-state index in [4.69, 9.17) is 15.6 Å². The molecule has 0 amide bonds. The summed E-state index contributed by atoms with van der Waals surface area (Å²) >= 11 is 1.25. The number of hydrogen-bond acceptors (Lipinski definition) is 5. The molecule has 0 aromatic heterocycles. The van der Waals surface area contributed by atoms with E-state index in [1.54, 1.807) is 20.8 Å². The van der Waals surface area contributed by atoms with Crippen LogP contribution < -0.4 is 5.73 Å². The number of thioether (sulfide) groups is 1. The molecule has 16 heavy (non-hydrogen) atoms. The molecule has 1 heterocycles. The van der Waals surface area contributed by atoms with Gasteiger partial charge in [0.15, 0.2) is 0 Å². The van der Waals surface area contributed by atoms with Crippen LogP contribution >= 0.6 is 11.8 Å². The van der Waals surface area contributed by atoms with E-state index < -0.39 is 28.3 Å². The maximum Gasteiger partial charge on any atom is 0.325 e. The van der Waals surface area contributed by atoms with Gasteiger partial charge in [-0.2, -0.15) is 0 Å². The van der Waals surface area contributed by atoms with Crippen LogP contribution in [0.3, 0.4) is 0 Å². The molecular formula is C10H17NO4S. The lowest BCUT2D eigenvalue weighted by atomic mass is 9.93. The Balaban J connectivity index is 2.80. The van der Waals surface area contributed by atoms with Crippen LogP contribution in [0, 0.1) is 0 Å². The van der Waals surface area contributed by atoms with Crippen LogP contribution in [0.1, 0.15) is 27.2 Å². The molecule has 1 saturated heterocycles. The number of carboxylic acids is 1. The third-order valence-corrected chi connectivity index (χ3v) is 3.67. The number of hydrogen-bond donors (Lipinski definition) is 2. The Bertz CT molecular complexity index is 312. The summed E-state index contributed by atoms with van der Waals surface area (Å²) in [6.45, 7) is 5.22. The number of ether oxygens (including phenoxy) is 1. The highest BCUT2D eigenvalue weighted by molar-refractivity contribution is 8.01. The zero-order chi connectivity index (χ0) is 12.6.